The summed E-state index contributed by atoms with van der Waals surface area (Å²) < 4.78 is 0. The van der Waals surface area contributed by atoms with Crippen molar-refractivity contribution in [3.05, 3.63) is 70.7 Å². The second-order valence-electron chi connectivity index (χ2n) is 7.36. The molecule has 0 bridgehead atoms. The number of benzene rings is 2. The number of hydrogen-bond acceptors (Lipinski definition) is 5. The van der Waals surface area contributed by atoms with Crippen LogP contribution in [0.1, 0.15) is 28.8 Å². The molecule has 32 heavy (non-hydrogen) atoms. The van der Waals surface area contributed by atoms with Crippen LogP contribution < -0.4 is 10.6 Å². The molecule has 3 rings (SSSR count). The summed E-state index contributed by atoms with van der Waals surface area (Å²) >= 11 is 5.84. The smallest absolute Gasteiger partial charge is 0.414 e. The van der Waals surface area contributed by atoms with Gasteiger partial charge in [-0.2, -0.15) is 0 Å². The Kier molecular flexibility index (Phi) is 10.7. The van der Waals surface area contributed by atoms with Gasteiger partial charge in [-0.1, -0.05) is 41.9 Å². The van der Waals surface area contributed by atoms with Crippen molar-refractivity contribution in [3.8, 4) is 0 Å². The van der Waals surface area contributed by atoms with E-state index in [0.29, 0.717) is 23.2 Å². The van der Waals surface area contributed by atoms with Gasteiger partial charge < -0.3 is 20.8 Å². The van der Waals surface area contributed by atoms with Crippen molar-refractivity contribution in [2.24, 2.45) is 0 Å². The molecule has 1 aliphatic rings. The standard InChI is InChI=1S/C21H26ClN3O.C2H2O4/c22-19-8-6-18(7-9-19)21(26)24-13-12-23-20-10-14-25(15-11-20)16-17-4-2-1-3-5-17;3-1(4)2(5)6/h1-9,20,23H,10-16H2,(H,24,26);(H,3,4)(H,5,6). The molecule has 1 fully saturated rings. The van der Waals surface area contributed by atoms with Gasteiger partial charge in [0.15, 0.2) is 0 Å². The summed E-state index contributed by atoms with van der Waals surface area (Å²) in [4.78, 5) is 32.7. The molecule has 0 spiro atoms. The fourth-order valence-electron chi connectivity index (χ4n) is 3.29. The number of nitrogens with one attached hydrogen (secondary N) is 2. The summed E-state index contributed by atoms with van der Waals surface area (Å²) in [6.45, 7) is 4.69. The quantitative estimate of drug-likeness (QED) is 0.369. The van der Waals surface area contributed by atoms with E-state index in [2.05, 4.69) is 45.9 Å². The van der Waals surface area contributed by atoms with Crippen molar-refractivity contribution in [1.82, 2.24) is 15.5 Å². The van der Waals surface area contributed by atoms with Crippen LogP contribution in [0.2, 0.25) is 5.02 Å². The van der Waals surface area contributed by atoms with Crippen LogP contribution in [0.5, 0.6) is 0 Å². The van der Waals surface area contributed by atoms with E-state index in [1.165, 1.54) is 5.56 Å². The third-order valence-corrected chi connectivity index (χ3v) is 5.22. The molecule has 0 aromatic heterocycles. The van der Waals surface area contributed by atoms with Crippen LogP contribution in [-0.4, -0.2) is 65.2 Å². The van der Waals surface area contributed by atoms with E-state index >= 15 is 0 Å². The minimum Gasteiger partial charge on any atom is -0.473 e. The largest absolute Gasteiger partial charge is 0.473 e. The fraction of sp³-hybridized carbons (Fsp3) is 0.348. The van der Waals surface area contributed by atoms with E-state index in [1.807, 2.05) is 0 Å². The number of amides is 1. The lowest BCUT2D eigenvalue weighted by Gasteiger charge is -2.32. The van der Waals surface area contributed by atoms with E-state index in [9.17, 15) is 4.79 Å². The number of likely N-dealkylation sites (tertiary alicyclic amines) is 1. The number of hydrogen-bond donors (Lipinski definition) is 4. The van der Waals surface area contributed by atoms with Crippen LogP contribution >= 0.6 is 11.6 Å². The van der Waals surface area contributed by atoms with Gasteiger partial charge in [-0.3, -0.25) is 9.69 Å². The highest BCUT2D eigenvalue weighted by molar-refractivity contribution is 6.30. The normalized spacial score (nSPS) is 14.2. The van der Waals surface area contributed by atoms with Gasteiger partial charge in [0, 0.05) is 36.3 Å². The summed E-state index contributed by atoms with van der Waals surface area (Å²) in [6.07, 6.45) is 2.30. The molecule has 9 heteroatoms. The van der Waals surface area contributed by atoms with E-state index in [1.54, 1.807) is 24.3 Å². The third-order valence-electron chi connectivity index (χ3n) is 4.97. The number of carboxylic acid groups (broad SMARTS) is 2. The summed E-state index contributed by atoms with van der Waals surface area (Å²) in [7, 11) is 0. The average Bonchev–Trinajstić information content (AvgIpc) is 2.79. The molecular weight excluding hydrogens is 434 g/mol. The van der Waals surface area contributed by atoms with Crippen LogP contribution in [0.3, 0.4) is 0 Å². The molecule has 0 radical (unpaired) electrons. The minimum atomic E-state index is -1.82. The molecule has 2 aromatic rings. The van der Waals surface area contributed by atoms with Gasteiger partial charge in [-0.25, -0.2) is 9.59 Å². The lowest BCUT2D eigenvalue weighted by Crippen LogP contribution is -2.44. The van der Waals surface area contributed by atoms with Gasteiger partial charge in [0.25, 0.3) is 5.91 Å². The van der Waals surface area contributed by atoms with Crippen molar-refractivity contribution in [2.45, 2.75) is 25.4 Å². The molecule has 8 nitrogen and oxygen atoms in total. The van der Waals surface area contributed by atoms with Crippen molar-refractivity contribution < 1.29 is 24.6 Å². The summed E-state index contributed by atoms with van der Waals surface area (Å²) in [6, 6.07) is 18.1. The Bertz CT molecular complexity index is 857. The van der Waals surface area contributed by atoms with E-state index in [4.69, 9.17) is 31.4 Å². The maximum atomic E-state index is 12.0. The lowest BCUT2D eigenvalue weighted by atomic mass is 10.0. The zero-order valence-electron chi connectivity index (χ0n) is 17.7. The molecule has 2 aromatic carbocycles. The Morgan fingerprint density at radius 3 is 2.06 bits per heavy atom. The lowest BCUT2D eigenvalue weighted by molar-refractivity contribution is -0.159. The molecule has 1 saturated heterocycles. The number of aliphatic carboxylic acids is 2. The minimum absolute atomic E-state index is 0.0545. The average molecular weight is 462 g/mol. The van der Waals surface area contributed by atoms with Crippen LogP contribution in [0.15, 0.2) is 54.6 Å². The van der Waals surface area contributed by atoms with E-state index in [-0.39, 0.29) is 5.91 Å². The van der Waals surface area contributed by atoms with Gasteiger partial charge in [0.1, 0.15) is 0 Å². The molecule has 0 unspecified atom stereocenters. The van der Waals surface area contributed by atoms with E-state index < -0.39 is 11.9 Å². The van der Waals surface area contributed by atoms with Crippen molar-refractivity contribution in [2.75, 3.05) is 26.2 Å². The Hall–Kier alpha value is -2.94. The number of piperidine rings is 1. The number of rotatable bonds is 7. The first kappa shape index (κ1) is 25.3. The first-order valence-corrected chi connectivity index (χ1v) is 10.7. The molecule has 172 valence electrons. The zero-order chi connectivity index (χ0) is 23.3. The zero-order valence-corrected chi connectivity index (χ0v) is 18.4. The second kappa shape index (κ2) is 13.5. The molecule has 1 aliphatic heterocycles. The highest BCUT2D eigenvalue weighted by atomic mass is 35.5. The van der Waals surface area contributed by atoms with Crippen LogP contribution in [0.4, 0.5) is 0 Å². The third kappa shape index (κ3) is 9.47. The van der Waals surface area contributed by atoms with Crippen molar-refractivity contribution >= 4 is 29.4 Å². The Morgan fingerprint density at radius 2 is 1.50 bits per heavy atom. The van der Waals surface area contributed by atoms with Crippen LogP contribution in [-0.2, 0) is 16.1 Å². The summed E-state index contributed by atoms with van der Waals surface area (Å²) in [5, 5.41) is 21.9. The van der Waals surface area contributed by atoms with Gasteiger partial charge >= 0.3 is 11.9 Å². The fourth-order valence-corrected chi connectivity index (χ4v) is 3.42. The first-order valence-electron chi connectivity index (χ1n) is 10.3. The molecule has 1 heterocycles. The Morgan fingerprint density at radius 1 is 0.906 bits per heavy atom. The highest BCUT2D eigenvalue weighted by Crippen LogP contribution is 2.13. The highest BCUT2D eigenvalue weighted by Gasteiger charge is 2.18. The number of nitrogens with zero attached hydrogens (tertiary/aromatic N) is 1. The predicted molar refractivity (Wildman–Crippen MR) is 122 cm³/mol. The first-order chi connectivity index (χ1) is 15.3. The number of carbonyl (C=O) groups is 3. The SMILES string of the molecule is O=C(NCCNC1CCN(Cc2ccccc2)CC1)c1ccc(Cl)cc1.O=C(O)C(=O)O. The molecule has 0 aliphatic carbocycles. The van der Waals surface area contributed by atoms with Crippen molar-refractivity contribution in [1.29, 1.82) is 0 Å². The molecule has 0 saturated carbocycles. The second-order valence-corrected chi connectivity index (χ2v) is 7.80. The topological polar surface area (TPSA) is 119 Å². The molecular formula is C23H28ClN3O5. The number of halogens is 1. The van der Waals surface area contributed by atoms with Gasteiger partial charge in [0.05, 0.1) is 0 Å². The number of carboxylic acids is 2. The maximum Gasteiger partial charge on any atom is 0.414 e. The molecule has 0 atom stereocenters. The van der Waals surface area contributed by atoms with Gasteiger partial charge in [-0.15, -0.1) is 0 Å². The summed E-state index contributed by atoms with van der Waals surface area (Å²) in [5.74, 6) is -3.70. The maximum absolute atomic E-state index is 12.0. The summed E-state index contributed by atoms with van der Waals surface area (Å²) in [5.41, 5.74) is 2.02. The molecule has 4 N–H and O–H groups in total. The molecule has 1 amide bonds. The van der Waals surface area contributed by atoms with Gasteiger partial charge in [-0.05, 0) is 55.8 Å². The Balaban J connectivity index is 0.000000534. The van der Waals surface area contributed by atoms with Gasteiger partial charge in [0.2, 0.25) is 0 Å². The Labute approximate surface area is 192 Å². The van der Waals surface area contributed by atoms with Crippen LogP contribution in [0.25, 0.3) is 0 Å². The monoisotopic (exact) mass is 461 g/mol. The number of carbonyl (C=O) groups excluding carboxylic acids is 1. The van der Waals surface area contributed by atoms with Crippen LogP contribution in [0, 0.1) is 0 Å². The predicted octanol–water partition coefficient (Wildman–Crippen LogP) is 2.48. The van der Waals surface area contributed by atoms with E-state index in [0.717, 1.165) is 39.0 Å². The van der Waals surface area contributed by atoms with Crippen molar-refractivity contribution in [3.63, 3.8) is 0 Å².